The van der Waals surface area contributed by atoms with E-state index in [9.17, 15) is 9.18 Å². The maximum atomic E-state index is 14.9. The van der Waals surface area contributed by atoms with Gasteiger partial charge in [0.25, 0.3) is 0 Å². The summed E-state index contributed by atoms with van der Waals surface area (Å²) in [4.78, 5) is 18.6. The normalized spacial score (nSPS) is 19.3. The Morgan fingerprint density at radius 1 is 1.26 bits per heavy atom. The molecular weight excluding hydrogens is 399 g/mol. The molecule has 1 aromatic carbocycles. The summed E-state index contributed by atoms with van der Waals surface area (Å²) in [5, 5.41) is 6.01. The molecule has 0 bridgehead atoms. The minimum Gasteiger partial charge on any atom is -0.490 e. The average Bonchev–Trinajstić information content (AvgIpc) is 3.34. The summed E-state index contributed by atoms with van der Waals surface area (Å²) < 4.78 is 26.3. The van der Waals surface area contributed by atoms with Gasteiger partial charge in [0, 0.05) is 38.0 Å². The second-order valence-corrected chi connectivity index (χ2v) is 7.95. The van der Waals surface area contributed by atoms with Crippen molar-refractivity contribution in [2.24, 2.45) is 0 Å². The van der Waals surface area contributed by atoms with Crippen LogP contribution in [0.15, 0.2) is 36.4 Å². The third-order valence-electron chi connectivity index (χ3n) is 5.81. The molecule has 2 saturated heterocycles. The monoisotopic (exact) mass is 428 g/mol. The molecule has 0 aliphatic carbocycles. The van der Waals surface area contributed by atoms with Crippen LogP contribution in [0.4, 0.5) is 10.2 Å². The van der Waals surface area contributed by atoms with E-state index in [4.69, 9.17) is 9.47 Å². The molecule has 0 saturated carbocycles. The fourth-order valence-corrected chi connectivity index (χ4v) is 4.12. The van der Waals surface area contributed by atoms with Crippen LogP contribution in [0.1, 0.15) is 31.2 Å². The zero-order valence-corrected chi connectivity index (χ0v) is 17.8. The highest BCUT2D eigenvalue weighted by molar-refractivity contribution is 5.82. The Kier molecular flexibility index (Phi) is 6.86. The summed E-state index contributed by atoms with van der Waals surface area (Å²) in [5.74, 6) is 0.975. The van der Waals surface area contributed by atoms with Crippen molar-refractivity contribution in [1.82, 2.24) is 15.6 Å². The molecule has 0 unspecified atom stereocenters. The number of carbonyl (C=O) groups excluding carboxylic acids is 1. The molecular formula is C23H29FN4O3. The number of halogens is 1. The number of nitrogens with zero attached hydrogens (tertiary/aromatic N) is 2. The van der Waals surface area contributed by atoms with E-state index in [2.05, 4.69) is 15.6 Å². The summed E-state index contributed by atoms with van der Waals surface area (Å²) >= 11 is 0. The van der Waals surface area contributed by atoms with Crippen molar-refractivity contribution in [1.29, 1.82) is 0 Å². The number of rotatable bonds is 7. The smallest absolute Gasteiger partial charge is 0.237 e. The summed E-state index contributed by atoms with van der Waals surface area (Å²) in [7, 11) is 1.51. The number of amides is 1. The topological polar surface area (TPSA) is 75.7 Å². The van der Waals surface area contributed by atoms with Gasteiger partial charge in [-0.05, 0) is 37.6 Å². The first kappa shape index (κ1) is 21.4. The van der Waals surface area contributed by atoms with Gasteiger partial charge in [0.15, 0.2) is 11.6 Å². The molecule has 2 aliphatic heterocycles. The van der Waals surface area contributed by atoms with Crippen LogP contribution in [0.3, 0.4) is 0 Å². The number of nitrogens with one attached hydrogen (secondary N) is 2. The van der Waals surface area contributed by atoms with E-state index in [1.807, 2.05) is 35.2 Å². The summed E-state index contributed by atoms with van der Waals surface area (Å²) in [6.07, 6.45) is 3.47. The fraction of sp³-hybridized carbons (Fsp3) is 0.478. The average molecular weight is 429 g/mol. The molecule has 1 atom stereocenters. The highest BCUT2D eigenvalue weighted by Gasteiger charge is 2.26. The molecule has 0 spiro atoms. The molecule has 4 rings (SSSR count). The van der Waals surface area contributed by atoms with Crippen molar-refractivity contribution in [2.45, 2.75) is 44.4 Å². The Balaban J connectivity index is 1.37. The third kappa shape index (κ3) is 5.25. The lowest BCUT2D eigenvalue weighted by Gasteiger charge is -2.33. The van der Waals surface area contributed by atoms with Crippen molar-refractivity contribution < 1.29 is 18.7 Å². The molecule has 1 amide bonds. The van der Waals surface area contributed by atoms with Crippen LogP contribution in [0, 0.1) is 5.82 Å². The summed E-state index contributed by atoms with van der Waals surface area (Å²) in [5.41, 5.74) is 0.525. The Morgan fingerprint density at radius 2 is 2.03 bits per heavy atom. The first-order chi connectivity index (χ1) is 15.1. The number of pyridine rings is 1. The lowest BCUT2D eigenvalue weighted by atomic mass is 10.1. The van der Waals surface area contributed by atoms with Gasteiger partial charge >= 0.3 is 0 Å². The molecule has 7 nitrogen and oxygen atoms in total. The van der Waals surface area contributed by atoms with Gasteiger partial charge in [-0.15, -0.1) is 0 Å². The summed E-state index contributed by atoms with van der Waals surface area (Å²) in [6.45, 7) is 2.32. The van der Waals surface area contributed by atoms with Crippen molar-refractivity contribution in [3.8, 4) is 11.6 Å². The quantitative estimate of drug-likeness (QED) is 0.706. The van der Waals surface area contributed by atoms with Gasteiger partial charge in [0.2, 0.25) is 11.8 Å². The Hall–Kier alpha value is -2.87. The maximum Gasteiger partial charge on any atom is 0.237 e. The molecule has 1 aromatic heterocycles. The van der Waals surface area contributed by atoms with Crippen LogP contribution in [0.5, 0.6) is 11.6 Å². The third-order valence-corrected chi connectivity index (χ3v) is 5.81. The van der Waals surface area contributed by atoms with Crippen molar-refractivity contribution in [3.63, 3.8) is 0 Å². The Labute approximate surface area is 181 Å². The predicted octanol–water partition coefficient (Wildman–Crippen LogP) is 2.65. The van der Waals surface area contributed by atoms with Crippen LogP contribution in [0.25, 0.3) is 0 Å². The van der Waals surface area contributed by atoms with Crippen molar-refractivity contribution >= 4 is 11.7 Å². The number of ether oxygens (including phenoxy) is 2. The minimum absolute atomic E-state index is 0.0791. The minimum atomic E-state index is -0.411. The highest BCUT2D eigenvalue weighted by Crippen LogP contribution is 2.28. The van der Waals surface area contributed by atoms with Gasteiger partial charge in [-0.3, -0.25) is 4.79 Å². The van der Waals surface area contributed by atoms with E-state index in [0.29, 0.717) is 24.5 Å². The molecule has 2 aromatic rings. The SMILES string of the molecule is COc1nc(N2CCC(Oc3ccccc3)CC2)c(F)cc1CNC(=O)[C@@H]1CCCN1. The second-order valence-electron chi connectivity index (χ2n) is 7.95. The van der Waals surface area contributed by atoms with E-state index >= 15 is 0 Å². The molecule has 2 fully saturated rings. The highest BCUT2D eigenvalue weighted by atomic mass is 19.1. The van der Waals surface area contributed by atoms with E-state index in [1.54, 1.807) is 0 Å². The number of piperidine rings is 1. The van der Waals surface area contributed by atoms with E-state index in [1.165, 1.54) is 13.2 Å². The van der Waals surface area contributed by atoms with Crippen LogP contribution in [-0.4, -0.2) is 49.8 Å². The number of methoxy groups -OCH3 is 1. The van der Waals surface area contributed by atoms with E-state index < -0.39 is 5.82 Å². The number of para-hydroxylation sites is 1. The van der Waals surface area contributed by atoms with Gasteiger partial charge in [-0.1, -0.05) is 18.2 Å². The lowest BCUT2D eigenvalue weighted by Crippen LogP contribution is -2.40. The fourth-order valence-electron chi connectivity index (χ4n) is 4.12. The van der Waals surface area contributed by atoms with Crippen molar-refractivity contribution in [2.75, 3.05) is 31.6 Å². The van der Waals surface area contributed by atoms with E-state index in [0.717, 1.165) is 38.0 Å². The van der Waals surface area contributed by atoms with Gasteiger partial charge in [0.1, 0.15) is 11.9 Å². The maximum absolute atomic E-state index is 14.9. The first-order valence-corrected chi connectivity index (χ1v) is 10.8. The molecule has 8 heteroatoms. The Morgan fingerprint density at radius 3 is 2.71 bits per heavy atom. The predicted molar refractivity (Wildman–Crippen MR) is 116 cm³/mol. The molecule has 31 heavy (non-hydrogen) atoms. The summed E-state index contributed by atoms with van der Waals surface area (Å²) in [6, 6.07) is 11.0. The molecule has 0 radical (unpaired) electrons. The Bertz CT molecular complexity index is 882. The van der Waals surface area contributed by atoms with Crippen LogP contribution < -0.4 is 25.0 Å². The lowest BCUT2D eigenvalue weighted by molar-refractivity contribution is -0.122. The van der Waals surface area contributed by atoms with E-state index in [-0.39, 0.29) is 30.4 Å². The van der Waals surface area contributed by atoms with Gasteiger partial charge < -0.3 is 25.0 Å². The number of hydrogen-bond donors (Lipinski definition) is 2. The van der Waals surface area contributed by atoms with Gasteiger partial charge in [0.05, 0.1) is 13.2 Å². The number of aromatic nitrogens is 1. The number of hydrogen-bond acceptors (Lipinski definition) is 6. The van der Waals surface area contributed by atoms with Crippen LogP contribution >= 0.6 is 0 Å². The zero-order valence-electron chi connectivity index (χ0n) is 17.8. The molecule has 2 aliphatic rings. The molecule has 3 heterocycles. The second kappa shape index (κ2) is 9.96. The standard InChI is InChI=1S/C23H29FN4O3/c1-30-23-16(15-26-22(29)20-8-5-11-25-20)14-19(24)21(27-23)28-12-9-18(10-13-28)31-17-6-3-2-4-7-17/h2-4,6-7,14,18,20,25H,5,8-13,15H2,1H3,(H,26,29)/t20-/m0/s1. The molecule has 166 valence electrons. The van der Waals surface area contributed by atoms with Gasteiger partial charge in [-0.2, -0.15) is 4.98 Å². The largest absolute Gasteiger partial charge is 0.490 e. The number of benzene rings is 1. The zero-order chi connectivity index (χ0) is 21.6. The first-order valence-electron chi connectivity index (χ1n) is 10.8. The molecule has 2 N–H and O–H groups in total. The van der Waals surface area contributed by atoms with Crippen LogP contribution in [0.2, 0.25) is 0 Å². The van der Waals surface area contributed by atoms with Gasteiger partial charge in [-0.25, -0.2) is 4.39 Å². The number of carbonyl (C=O) groups is 1. The number of anilines is 1. The van der Waals surface area contributed by atoms with Crippen LogP contribution in [-0.2, 0) is 11.3 Å². The van der Waals surface area contributed by atoms with Crippen molar-refractivity contribution in [3.05, 3.63) is 47.8 Å².